The zero-order valence-electron chi connectivity index (χ0n) is 15.6. The maximum Gasteiger partial charge on any atom is 0.272 e. The van der Waals surface area contributed by atoms with E-state index in [1.165, 1.54) is 18.2 Å². The van der Waals surface area contributed by atoms with Gasteiger partial charge in [0.1, 0.15) is 0 Å². The minimum Gasteiger partial charge on any atom is -0.268 e. The zero-order valence-corrected chi connectivity index (χ0v) is 17.2. The van der Waals surface area contributed by atoms with Gasteiger partial charge in [-0.15, -0.1) is 0 Å². The lowest BCUT2D eigenvalue weighted by atomic mass is 10.1. The number of carbonyl (C=O) groups excluding carboxylic acids is 1. The second-order valence-corrected chi connectivity index (χ2v) is 8.64. The first-order valence-electron chi connectivity index (χ1n) is 8.84. The van der Waals surface area contributed by atoms with Crippen molar-refractivity contribution in [3.63, 3.8) is 0 Å². The molecule has 0 atom stereocenters. The van der Waals surface area contributed by atoms with Crippen molar-refractivity contribution in [1.82, 2.24) is 0 Å². The molecule has 0 heterocycles. The fraction of sp³-hybridized carbons (Fsp3) is 0.136. The first kappa shape index (κ1) is 20.1. The van der Waals surface area contributed by atoms with Crippen LogP contribution in [0.3, 0.4) is 0 Å². The Morgan fingerprint density at radius 1 is 0.964 bits per heavy atom. The average molecular weight is 414 g/mol. The number of sulfonamides is 1. The molecule has 0 aromatic heterocycles. The van der Waals surface area contributed by atoms with Crippen LogP contribution in [0, 0.1) is 6.92 Å². The number of halogens is 1. The van der Waals surface area contributed by atoms with Crippen LogP contribution in [0.5, 0.6) is 0 Å². The number of anilines is 1. The molecule has 6 heteroatoms. The molecular weight excluding hydrogens is 394 g/mol. The Morgan fingerprint density at radius 2 is 1.61 bits per heavy atom. The van der Waals surface area contributed by atoms with Crippen molar-refractivity contribution in [3.05, 3.63) is 94.5 Å². The fourth-order valence-electron chi connectivity index (χ4n) is 2.79. The van der Waals surface area contributed by atoms with Gasteiger partial charge in [-0.05, 0) is 61.4 Å². The number of hydrogen-bond donors (Lipinski definition) is 0. The van der Waals surface area contributed by atoms with Gasteiger partial charge in [-0.1, -0.05) is 54.4 Å². The second kappa shape index (κ2) is 8.17. The third-order valence-electron chi connectivity index (χ3n) is 4.39. The molecule has 3 rings (SSSR count). The predicted molar refractivity (Wildman–Crippen MR) is 112 cm³/mol. The van der Waals surface area contributed by atoms with Crippen molar-refractivity contribution < 1.29 is 13.2 Å². The number of aryl methyl sites for hydroxylation is 2. The first-order valence-corrected chi connectivity index (χ1v) is 10.7. The highest BCUT2D eigenvalue weighted by molar-refractivity contribution is 7.93. The van der Waals surface area contributed by atoms with E-state index in [0.717, 1.165) is 21.9 Å². The minimum absolute atomic E-state index is 0.0491. The van der Waals surface area contributed by atoms with Gasteiger partial charge in [0.2, 0.25) is 0 Å². The highest BCUT2D eigenvalue weighted by Crippen LogP contribution is 2.27. The van der Waals surface area contributed by atoms with Crippen molar-refractivity contribution in [2.75, 3.05) is 4.31 Å². The zero-order chi connectivity index (χ0) is 20.3. The molecule has 0 bridgehead atoms. The smallest absolute Gasteiger partial charge is 0.268 e. The molecule has 0 aliphatic rings. The quantitative estimate of drug-likeness (QED) is 0.574. The van der Waals surface area contributed by atoms with E-state index in [9.17, 15) is 13.2 Å². The molecule has 4 nitrogen and oxygen atoms in total. The molecule has 28 heavy (non-hydrogen) atoms. The van der Waals surface area contributed by atoms with Crippen LogP contribution in [0.2, 0.25) is 5.02 Å². The minimum atomic E-state index is -4.11. The lowest BCUT2D eigenvalue weighted by molar-refractivity contribution is 0.101. The van der Waals surface area contributed by atoms with E-state index >= 15 is 0 Å². The number of carbonyl (C=O) groups is 1. The standard InChI is InChI=1S/C22H20ClNO3S/c1-3-17-9-11-20(12-10-17)24(22(25)18-5-4-6-19(23)15-18)28(26,27)21-13-7-16(2)8-14-21/h4-15H,3H2,1-2H3. The fourth-order valence-corrected chi connectivity index (χ4v) is 4.39. The summed E-state index contributed by atoms with van der Waals surface area (Å²) in [5.41, 5.74) is 2.45. The van der Waals surface area contributed by atoms with Gasteiger partial charge in [0.15, 0.2) is 0 Å². The van der Waals surface area contributed by atoms with E-state index in [4.69, 9.17) is 11.6 Å². The van der Waals surface area contributed by atoms with Crippen LogP contribution in [-0.2, 0) is 16.4 Å². The number of benzene rings is 3. The molecular formula is C22H20ClNO3S. The highest BCUT2D eigenvalue weighted by Gasteiger charge is 2.32. The molecule has 0 saturated heterocycles. The Bertz CT molecular complexity index is 1090. The van der Waals surface area contributed by atoms with Gasteiger partial charge in [0.25, 0.3) is 15.9 Å². The Labute approximate surface area is 170 Å². The number of amides is 1. The van der Waals surface area contributed by atoms with E-state index < -0.39 is 15.9 Å². The summed E-state index contributed by atoms with van der Waals surface area (Å²) in [7, 11) is -4.11. The molecule has 3 aromatic rings. The van der Waals surface area contributed by atoms with Crippen LogP contribution >= 0.6 is 11.6 Å². The number of hydrogen-bond acceptors (Lipinski definition) is 3. The van der Waals surface area contributed by atoms with Gasteiger partial charge in [0, 0.05) is 10.6 Å². The highest BCUT2D eigenvalue weighted by atomic mass is 35.5. The lowest BCUT2D eigenvalue weighted by Gasteiger charge is -2.23. The summed E-state index contributed by atoms with van der Waals surface area (Å²) >= 11 is 6.01. The van der Waals surface area contributed by atoms with Crippen molar-refractivity contribution >= 4 is 33.2 Å². The molecule has 0 saturated carbocycles. The van der Waals surface area contributed by atoms with Crippen molar-refractivity contribution in [2.45, 2.75) is 25.2 Å². The van der Waals surface area contributed by atoms with E-state index in [1.54, 1.807) is 42.5 Å². The van der Waals surface area contributed by atoms with Crippen molar-refractivity contribution in [2.24, 2.45) is 0 Å². The third kappa shape index (κ3) is 4.11. The Hall–Kier alpha value is -2.63. The maximum absolute atomic E-state index is 13.4. The molecule has 0 spiro atoms. The van der Waals surface area contributed by atoms with Crippen LogP contribution in [0.4, 0.5) is 5.69 Å². The molecule has 0 fully saturated rings. The summed E-state index contributed by atoms with van der Waals surface area (Å²) in [6.45, 7) is 3.88. The summed E-state index contributed by atoms with van der Waals surface area (Å²) in [6, 6.07) is 19.6. The molecule has 144 valence electrons. The van der Waals surface area contributed by atoms with Gasteiger partial charge in [-0.2, -0.15) is 4.31 Å². The first-order chi connectivity index (χ1) is 13.3. The largest absolute Gasteiger partial charge is 0.272 e. The summed E-state index contributed by atoms with van der Waals surface area (Å²) < 4.78 is 27.6. The maximum atomic E-state index is 13.4. The summed E-state index contributed by atoms with van der Waals surface area (Å²) in [5.74, 6) is -0.660. The van der Waals surface area contributed by atoms with Crippen LogP contribution in [0.15, 0.2) is 77.7 Å². The monoisotopic (exact) mass is 413 g/mol. The van der Waals surface area contributed by atoms with E-state index in [1.807, 2.05) is 26.0 Å². The van der Waals surface area contributed by atoms with Gasteiger partial charge >= 0.3 is 0 Å². The average Bonchev–Trinajstić information content (AvgIpc) is 2.69. The molecule has 0 aliphatic heterocycles. The van der Waals surface area contributed by atoms with E-state index in [0.29, 0.717) is 5.02 Å². The topological polar surface area (TPSA) is 54.5 Å². The van der Waals surface area contributed by atoms with Crippen LogP contribution in [0.1, 0.15) is 28.4 Å². The molecule has 1 amide bonds. The number of nitrogens with zero attached hydrogens (tertiary/aromatic N) is 1. The SMILES string of the molecule is CCc1ccc(N(C(=O)c2cccc(Cl)c2)S(=O)(=O)c2ccc(C)cc2)cc1. The summed E-state index contributed by atoms with van der Waals surface area (Å²) in [4.78, 5) is 13.3. The molecule has 0 radical (unpaired) electrons. The molecule has 0 aliphatic carbocycles. The van der Waals surface area contributed by atoms with Gasteiger partial charge in [-0.25, -0.2) is 8.42 Å². The van der Waals surface area contributed by atoms with Crippen molar-refractivity contribution in [3.8, 4) is 0 Å². The molecule has 3 aromatic carbocycles. The Kier molecular flexibility index (Phi) is 5.87. The van der Waals surface area contributed by atoms with E-state index in [2.05, 4.69) is 0 Å². The summed E-state index contributed by atoms with van der Waals surface area (Å²) in [5, 5.41) is 0.361. The van der Waals surface area contributed by atoms with Crippen molar-refractivity contribution in [1.29, 1.82) is 0 Å². The predicted octanol–water partition coefficient (Wildman–Crippen LogP) is 5.25. The molecule has 0 unspecified atom stereocenters. The van der Waals surface area contributed by atoms with Gasteiger partial charge in [0.05, 0.1) is 10.6 Å². The normalized spacial score (nSPS) is 11.2. The molecule has 0 N–H and O–H groups in total. The number of rotatable bonds is 5. The van der Waals surface area contributed by atoms with E-state index in [-0.39, 0.29) is 16.1 Å². The summed E-state index contributed by atoms with van der Waals surface area (Å²) in [6.07, 6.45) is 0.813. The van der Waals surface area contributed by atoms with Crippen LogP contribution in [-0.4, -0.2) is 14.3 Å². The lowest BCUT2D eigenvalue weighted by Crippen LogP contribution is -2.37. The van der Waals surface area contributed by atoms with Gasteiger partial charge in [-0.3, -0.25) is 4.79 Å². The Morgan fingerprint density at radius 3 is 2.18 bits per heavy atom. The Balaban J connectivity index is 2.15. The second-order valence-electron chi connectivity index (χ2n) is 6.42. The van der Waals surface area contributed by atoms with Crippen LogP contribution in [0.25, 0.3) is 0 Å². The van der Waals surface area contributed by atoms with Crippen LogP contribution < -0.4 is 4.31 Å². The van der Waals surface area contributed by atoms with Gasteiger partial charge < -0.3 is 0 Å². The third-order valence-corrected chi connectivity index (χ3v) is 6.35.